The van der Waals surface area contributed by atoms with E-state index < -0.39 is 0 Å². The lowest BCUT2D eigenvalue weighted by Gasteiger charge is -2.15. The van der Waals surface area contributed by atoms with E-state index in [1.165, 1.54) is 37.9 Å². The second kappa shape index (κ2) is 4.79. The van der Waals surface area contributed by atoms with Gasteiger partial charge in [0.05, 0.1) is 0 Å². The van der Waals surface area contributed by atoms with E-state index in [9.17, 15) is 0 Å². The molecule has 1 atom stereocenters. The van der Waals surface area contributed by atoms with Gasteiger partial charge < -0.3 is 10.2 Å². The van der Waals surface area contributed by atoms with Gasteiger partial charge in [-0.3, -0.25) is 0 Å². The fourth-order valence-electron chi connectivity index (χ4n) is 2.84. The summed E-state index contributed by atoms with van der Waals surface area (Å²) in [5, 5.41) is 3.71. The van der Waals surface area contributed by atoms with E-state index in [0.717, 1.165) is 12.5 Å². The van der Waals surface area contributed by atoms with Crippen LogP contribution < -0.4 is 5.32 Å². The highest BCUT2D eigenvalue weighted by Gasteiger charge is 2.26. The zero-order valence-corrected chi connectivity index (χ0v) is 10.7. The summed E-state index contributed by atoms with van der Waals surface area (Å²) in [7, 11) is 2.21. The van der Waals surface area contributed by atoms with Crippen LogP contribution in [0.1, 0.15) is 36.3 Å². The predicted molar refractivity (Wildman–Crippen MR) is 71.2 cm³/mol. The highest BCUT2D eigenvalue weighted by molar-refractivity contribution is 5.33. The van der Waals surface area contributed by atoms with Gasteiger partial charge in [-0.05, 0) is 49.9 Å². The molecule has 0 aromatic heterocycles. The van der Waals surface area contributed by atoms with E-state index in [2.05, 4.69) is 41.5 Å². The third-order valence-corrected chi connectivity index (χ3v) is 4.04. The maximum absolute atomic E-state index is 3.71. The molecule has 0 radical (unpaired) electrons. The number of hydrogen-bond donors (Lipinski definition) is 1. The number of nitrogens with one attached hydrogen (secondary N) is 1. The van der Waals surface area contributed by atoms with Gasteiger partial charge in [-0.2, -0.15) is 0 Å². The van der Waals surface area contributed by atoms with Crippen LogP contribution in [0.5, 0.6) is 0 Å². The van der Waals surface area contributed by atoms with Crippen molar-refractivity contribution >= 4 is 0 Å². The molecule has 2 aliphatic rings. The van der Waals surface area contributed by atoms with Crippen molar-refractivity contribution < 1.29 is 0 Å². The summed E-state index contributed by atoms with van der Waals surface area (Å²) in [5.74, 6) is 0.860. The third-order valence-electron chi connectivity index (χ3n) is 4.04. The van der Waals surface area contributed by atoms with E-state index in [1.54, 1.807) is 5.56 Å². The molecular weight excluding hydrogens is 208 g/mol. The van der Waals surface area contributed by atoms with Crippen molar-refractivity contribution in [2.45, 2.75) is 37.8 Å². The van der Waals surface area contributed by atoms with Crippen LogP contribution in [0.2, 0.25) is 0 Å². The average molecular weight is 230 g/mol. The summed E-state index contributed by atoms with van der Waals surface area (Å²) in [6.07, 6.45) is 4.08. The molecule has 1 aliphatic carbocycles. The van der Waals surface area contributed by atoms with Crippen LogP contribution in [0.25, 0.3) is 0 Å². The Labute approximate surface area is 104 Å². The standard InChI is InChI=1S/C15H22N2/c1-17-9-8-14(11-17)16-10-13-4-2-3-5-15(13)12-6-7-12/h2-5,12,14,16H,6-11H2,1H3. The minimum Gasteiger partial charge on any atom is -0.309 e. The molecular formula is C15H22N2. The van der Waals surface area contributed by atoms with Crippen LogP contribution in [-0.2, 0) is 6.54 Å². The zero-order valence-electron chi connectivity index (χ0n) is 10.7. The molecule has 0 spiro atoms. The van der Waals surface area contributed by atoms with E-state index in [0.29, 0.717) is 6.04 Å². The molecule has 0 bridgehead atoms. The lowest BCUT2D eigenvalue weighted by atomic mass is 10.0. The van der Waals surface area contributed by atoms with Gasteiger partial charge in [-0.15, -0.1) is 0 Å². The Morgan fingerprint density at radius 1 is 1.24 bits per heavy atom. The smallest absolute Gasteiger partial charge is 0.0211 e. The first-order chi connectivity index (χ1) is 8.33. The molecule has 1 heterocycles. The molecule has 92 valence electrons. The molecule has 1 aromatic carbocycles. The van der Waals surface area contributed by atoms with Gasteiger partial charge in [-0.1, -0.05) is 24.3 Å². The zero-order chi connectivity index (χ0) is 11.7. The summed E-state index contributed by atoms with van der Waals surface area (Å²) in [6, 6.07) is 9.64. The monoisotopic (exact) mass is 230 g/mol. The molecule has 2 nitrogen and oxygen atoms in total. The Morgan fingerprint density at radius 3 is 2.76 bits per heavy atom. The third kappa shape index (κ3) is 2.70. The van der Waals surface area contributed by atoms with Crippen LogP contribution in [-0.4, -0.2) is 31.1 Å². The van der Waals surface area contributed by atoms with Crippen LogP contribution in [0.15, 0.2) is 24.3 Å². The highest BCUT2D eigenvalue weighted by atomic mass is 15.2. The molecule has 17 heavy (non-hydrogen) atoms. The Morgan fingerprint density at radius 2 is 2.06 bits per heavy atom. The Kier molecular flexibility index (Phi) is 3.17. The van der Waals surface area contributed by atoms with E-state index in [1.807, 2.05) is 0 Å². The predicted octanol–water partition coefficient (Wildman–Crippen LogP) is 2.36. The number of rotatable bonds is 4. The van der Waals surface area contributed by atoms with Gasteiger partial charge in [0.2, 0.25) is 0 Å². The summed E-state index contributed by atoms with van der Waals surface area (Å²) < 4.78 is 0. The molecule has 1 saturated carbocycles. The molecule has 3 rings (SSSR count). The Balaban J connectivity index is 1.61. The topological polar surface area (TPSA) is 15.3 Å². The van der Waals surface area contributed by atoms with Crippen molar-refractivity contribution in [2.24, 2.45) is 0 Å². The maximum atomic E-state index is 3.71. The Hall–Kier alpha value is -0.860. The molecule has 1 unspecified atom stereocenters. The molecule has 1 aliphatic heterocycles. The summed E-state index contributed by atoms with van der Waals surface area (Å²) in [4.78, 5) is 2.41. The van der Waals surface area contributed by atoms with Crippen LogP contribution in [0.4, 0.5) is 0 Å². The fourth-order valence-corrected chi connectivity index (χ4v) is 2.84. The molecule has 0 amide bonds. The van der Waals surface area contributed by atoms with Crippen molar-refractivity contribution in [1.29, 1.82) is 0 Å². The van der Waals surface area contributed by atoms with Crippen molar-refractivity contribution in [3.05, 3.63) is 35.4 Å². The van der Waals surface area contributed by atoms with Gasteiger partial charge in [0.15, 0.2) is 0 Å². The van der Waals surface area contributed by atoms with Gasteiger partial charge >= 0.3 is 0 Å². The molecule has 1 saturated heterocycles. The van der Waals surface area contributed by atoms with E-state index >= 15 is 0 Å². The molecule has 1 aromatic rings. The summed E-state index contributed by atoms with van der Waals surface area (Å²) >= 11 is 0. The van der Waals surface area contributed by atoms with Crippen LogP contribution in [0, 0.1) is 0 Å². The van der Waals surface area contributed by atoms with Gasteiger partial charge in [0.1, 0.15) is 0 Å². The number of nitrogens with zero attached hydrogens (tertiary/aromatic N) is 1. The number of hydrogen-bond acceptors (Lipinski definition) is 2. The maximum Gasteiger partial charge on any atom is 0.0211 e. The fraction of sp³-hybridized carbons (Fsp3) is 0.600. The summed E-state index contributed by atoms with van der Waals surface area (Å²) in [5.41, 5.74) is 3.11. The lowest BCUT2D eigenvalue weighted by Crippen LogP contribution is -2.31. The quantitative estimate of drug-likeness (QED) is 0.854. The first-order valence-corrected chi connectivity index (χ1v) is 6.82. The minimum absolute atomic E-state index is 0.687. The van der Waals surface area contributed by atoms with E-state index in [-0.39, 0.29) is 0 Å². The highest BCUT2D eigenvalue weighted by Crippen LogP contribution is 2.41. The molecule has 2 heteroatoms. The molecule has 2 fully saturated rings. The van der Waals surface area contributed by atoms with Gasteiger partial charge in [0, 0.05) is 19.1 Å². The van der Waals surface area contributed by atoms with Crippen LogP contribution in [0.3, 0.4) is 0 Å². The number of likely N-dealkylation sites (N-methyl/N-ethyl adjacent to an activating group) is 1. The number of likely N-dealkylation sites (tertiary alicyclic amines) is 1. The van der Waals surface area contributed by atoms with Crippen molar-refractivity contribution in [3.8, 4) is 0 Å². The largest absolute Gasteiger partial charge is 0.309 e. The first kappa shape index (κ1) is 11.2. The Bertz CT molecular complexity index is 384. The van der Waals surface area contributed by atoms with Crippen molar-refractivity contribution in [3.63, 3.8) is 0 Å². The first-order valence-electron chi connectivity index (χ1n) is 6.82. The van der Waals surface area contributed by atoms with Gasteiger partial charge in [0.25, 0.3) is 0 Å². The minimum atomic E-state index is 0.687. The number of benzene rings is 1. The second-order valence-corrected chi connectivity index (χ2v) is 5.60. The van der Waals surface area contributed by atoms with Gasteiger partial charge in [-0.25, -0.2) is 0 Å². The van der Waals surface area contributed by atoms with E-state index in [4.69, 9.17) is 0 Å². The summed E-state index contributed by atoms with van der Waals surface area (Å²) in [6.45, 7) is 3.48. The molecule has 1 N–H and O–H groups in total. The SMILES string of the molecule is CN1CCC(NCc2ccccc2C2CC2)C1. The second-order valence-electron chi connectivity index (χ2n) is 5.60. The van der Waals surface area contributed by atoms with Crippen molar-refractivity contribution in [1.82, 2.24) is 10.2 Å². The average Bonchev–Trinajstić information content (AvgIpc) is 3.11. The van der Waals surface area contributed by atoms with Crippen LogP contribution >= 0.6 is 0 Å². The lowest BCUT2D eigenvalue weighted by molar-refractivity contribution is 0.397. The normalized spacial score (nSPS) is 25.4. The van der Waals surface area contributed by atoms with Crippen molar-refractivity contribution in [2.75, 3.05) is 20.1 Å².